The van der Waals surface area contributed by atoms with Gasteiger partial charge in [0, 0.05) is 13.1 Å². The number of nitrogens with one attached hydrogen (secondary N) is 1. The quantitative estimate of drug-likeness (QED) is 0.485. The molecule has 0 radical (unpaired) electrons. The van der Waals surface area contributed by atoms with E-state index in [2.05, 4.69) is 5.32 Å². The van der Waals surface area contributed by atoms with Crippen LogP contribution in [0, 0.1) is 5.41 Å². The van der Waals surface area contributed by atoms with Crippen molar-refractivity contribution in [3.05, 3.63) is 0 Å². The third kappa shape index (κ3) is 2.90. The van der Waals surface area contributed by atoms with Crippen LogP contribution < -0.4 is 5.32 Å². The highest BCUT2D eigenvalue weighted by atomic mass is 16.5. The van der Waals surface area contributed by atoms with Crippen LogP contribution in [0.3, 0.4) is 0 Å². The molecule has 1 fully saturated rings. The van der Waals surface area contributed by atoms with Gasteiger partial charge in [0.15, 0.2) is 0 Å². The van der Waals surface area contributed by atoms with E-state index in [0.717, 1.165) is 13.1 Å². The minimum Gasteiger partial charge on any atom is -0.376 e. The fraction of sp³-hybridized carbons (Fsp3) is 0.778. The van der Waals surface area contributed by atoms with E-state index in [4.69, 9.17) is 4.74 Å². The summed E-state index contributed by atoms with van der Waals surface area (Å²) in [6.07, 6.45) is 1.83. The number of aldehydes is 2. The molecule has 0 aromatic heterocycles. The smallest absolute Gasteiger partial charge is 0.133 e. The molecule has 0 bridgehead atoms. The Labute approximate surface area is 77.6 Å². The first-order chi connectivity index (χ1) is 6.20. The van der Waals surface area contributed by atoms with Crippen LogP contribution in [0.15, 0.2) is 0 Å². The van der Waals surface area contributed by atoms with E-state index < -0.39 is 5.41 Å². The summed E-state index contributed by atoms with van der Waals surface area (Å²) in [5.74, 6) is 0. The molecule has 4 heteroatoms. The van der Waals surface area contributed by atoms with Gasteiger partial charge in [-0.05, 0) is 13.3 Å². The van der Waals surface area contributed by atoms with Gasteiger partial charge in [-0.25, -0.2) is 0 Å². The number of hydrogen-bond acceptors (Lipinski definition) is 4. The molecule has 0 spiro atoms. The Kier molecular flexibility index (Phi) is 3.57. The van der Waals surface area contributed by atoms with Gasteiger partial charge in [-0.15, -0.1) is 0 Å². The van der Waals surface area contributed by atoms with Gasteiger partial charge < -0.3 is 19.6 Å². The first-order valence-electron chi connectivity index (χ1n) is 4.45. The van der Waals surface area contributed by atoms with Gasteiger partial charge in [-0.3, -0.25) is 0 Å². The number of morpholine rings is 1. The summed E-state index contributed by atoms with van der Waals surface area (Å²) in [6.45, 7) is 3.84. The van der Waals surface area contributed by atoms with Gasteiger partial charge in [-0.1, -0.05) is 0 Å². The second-order valence-corrected chi connectivity index (χ2v) is 3.64. The fourth-order valence-corrected chi connectivity index (χ4v) is 1.37. The molecule has 1 aliphatic rings. The molecule has 1 aliphatic heterocycles. The third-order valence-corrected chi connectivity index (χ3v) is 2.21. The van der Waals surface area contributed by atoms with Crippen molar-refractivity contribution in [2.45, 2.75) is 19.4 Å². The van der Waals surface area contributed by atoms with E-state index in [1.165, 1.54) is 0 Å². The molecule has 1 atom stereocenters. The van der Waals surface area contributed by atoms with Gasteiger partial charge in [0.05, 0.1) is 18.1 Å². The van der Waals surface area contributed by atoms with Crippen LogP contribution in [0.1, 0.15) is 13.3 Å². The Bertz CT molecular complexity index is 179. The minimum absolute atomic E-state index is 0.0193. The van der Waals surface area contributed by atoms with Crippen LogP contribution in [0.4, 0.5) is 0 Å². The molecule has 74 valence electrons. The lowest BCUT2D eigenvalue weighted by Crippen LogP contribution is -2.41. The zero-order chi connectivity index (χ0) is 9.73. The second kappa shape index (κ2) is 4.48. The van der Waals surface area contributed by atoms with Crippen LogP contribution >= 0.6 is 0 Å². The Balaban J connectivity index is 2.44. The summed E-state index contributed by atoms with van der Waals surface area (Å²) in [5.41, 5.74) is -0.885. The molecule has 0 unspecified atom stereocenters. The Morgan fingerprint density at radius 1 is 1.54 bits per heavy atom. The maximum Gasteiger partial charge on any atom is 0.133 e. The molecule has 0 amide bonds. The summed E-state index contributed by atoms with van der Waals surface area (Å²) < 4.78 is 5.40. The first-order valence-corrected chi connectivity index (χ1v) is 4.45. The van der Waals surface area contributed by atoms with Crippen molar-refractivity contribution >= 4 is 12.6 Å². The van der Waals surface area contributed by atoms with E-state index in [9.17, 15) is 9.59 Å². The van der Waals surface area contributed by atoms with Gasteiger partial charge in [0.2, 0.25) is 0 Å². The number of hydrogen-bond donors (Lipinski definition) is 1. The van der Waals surface area contributed by atoms with Crippen LogP contribution in [-0.4, -0.2) is 38.4 Å². The number of carbonyl (C=O) groups is 2. The summed E-state index contributed by atoms with van der Waals surface area (Å²) in [4.78, 5) is 21.2. The Morgan fingerprint density at radius 2 is 2.23 bits per heavy atom. The van der Waals surface area contributed by atoms with Crippen molar-refractivity contribution in [1.29, 1.82) is 0 Å². The standard InChI is InChI=1S/C9H15NO3/c1-9(6-11,7-12)4-8-5-10-2-3-13-8/h6-8,10H,2-5H2,1H3/t8-/m0/s1. The molecule has 0 aromatic rings. The lowest BCUT2D eigenvalue weighted by Gasteiger charge is -2.27. The number of carbonyl (C=O) groups excluding carboxylic acids is 2. The zero-order valence-electron chi connectivity index (χ0n) is 7.79. The normalized spacial score (nSPS) is 23.9. The highest BCUT2D eigenvalue weighted by molar-refractivity contribution is 5.82. The van der Waals surface area contributed by atoms with Crippen LogP contribution in [0.25, 0.3) is 0 Å². The number of ether oxygens (including phenoxy) is 1. The van der Waals surface area contributed by atoms with Crippen molar-refractivity contribution in [2.75, 3.05) is 19.7 Å². The first kappa shape index (κ1) is 10.3. The highest BCUT2D eigenvalue weighted by Gasteiger charge is 2.28. The molecule has 0 saturated carbocycles. The molecule has 13 heavy (non-hydrogen) atoms. The summed E-state index contributed by atoms with van der Waals surface area (Å²) in [5, 5.41) is 3.15. The van der Waals surface area contributed by atoms with Crippen molar-refractivity contribution in [3.63, 3.8) is 0 Å². The molecular weight excluding hydrogens is 170 g/mol. The lowest BCUT2D eigenvalue weighted by molar-refractivity contribution is -0.128. The van der Waals surface area contributed by atoms with E-state index >= 15 is 0 Å². The van der Waals surface area contributed by atoms with Crippen LogP contribution in [-0.2, 0) is 14.3 Å². The van der Waals surface area contributed by atoms with Crippen molar-refractivity contribution in [3.8, 4) is 0 Å². The summed E-state index contributed by atoms with van der Waals surface area (Å²) >= 11 is 0. The average Bonchev–Trinajstić information content (AvgIpc) is 2.19. The van der Waals surface area contributed by atoms with Crippen LogP contribution in [0.2, 0.25) is 0 Å². The minimum atomic E-state index is -0.885. The molecule has 1 rings (SSSR count). The average molecular weight is 185 g/mol. The molecular formula is C9H15NO3. The number of rotatable bonds is 4. The molecule has 1 saturated heterocycles. The van der Waals surface area contributed by atoms with Crippen molar-refractivity contribution < 1.29 is 14.3 Å². The molecule has 0 aliphatic carbocycles. The third-order valence-electron chi connectivity index (χ3n) is 2.21. The lowest BCUT2D eigenvalue weighted by atomic mass is 9.87. The van der Waals surface area contributed by atoms with E-state index in [1.807, 2.05) is 0 Å². The Morgan fingerprint density at radius 3 is 2.69 bits per heavy atom. The topological polar surface area (TPSA) is 55.4 Å². The maximum atomic E-state index is 10.6. The maximum absolute atomic E-state index is 10.6. The predicted molar refractivity (Wildman–Crippen MR) is 47.5 cm³/mol. The monoisotopic (exact) mass is 185 g/mol. The van der Waals surface area contributed by atoms with Gasteiger partial charge in [-0.2, -0.15) is 0 Å². The van der Waals surface area contributed by atoms with Gasteiger partial charge >= 0.3 is 0 Å². The van der Waals surface area contributed by atoms with Crippen LogP contribution in [0.5, 0.6) is 0 Å². The predicted octanol–water partition coefficient (Wildman–Crippen LogP) is -0.231. The molecule has 0 aromatic carbocycles. The van der Waals surface area contributed by atoms with Crippen molar-refractivity contribution in [2.24, 2.45) is 5.41 Å². The molecule has 1 heterocycles. The summed E-state index contributed by atoms with van der Waals surface area (Å²) in [7, 11) is 0. The van der Waals surface area contributed by atoms with Gasteiger partial charge in [0.25, 0.3) is 0 Å². The van der Waals surface area contributed by atoms with Crippen molar-refractivity contribution in [1.82, 2.24) is 5.32 Å². The van der Waals surface area contributed by atoms with E-state index in [1.54, 1.807) is 6.92 Å². The SMILES string of the molecule is CC(C=O)(C=O)C[C@H]1CNCCO1. The van der Waals surface area contributed by atoms with E-state index in [-0.39, 0.29) is 6.10 Å². The largest absolute Gasteiger partial charge is 0.376 e. The highest BCUT2D eigenvalue weighted by Crippen LogP contribution is 2.19. The Hall–Kier alpha value is -0.740. The van der Waals surface area contributed by atoms with E-state index in [0.29, 0.717) is 25.6 Å². The van der Waals surface area contributed by atoms with Gasteiger partial charge in [0.1, 0.15) is 12.6 Å². The molecule has 1 N–H and O–H groups in total. The second-order valence-electron chi connectivity index (χ2n) is 3.64. The zero-order valence-corrected chi connectivity index (χ0v) is 7.79. The summed E-state index contributed by atoms with van der Waals surface area (Å²) in [6, 6.07) is 0. The molecule has 4 nitrogen and oxygen atoms in total. The fourth-order valence-electron chi connectivity index (χ4n) is 1.37.